The van der Waals surface area contributed by atoms with Crippen LogP contribution in [0, 0.1) is 29.1 Å². The first-order chi connectivity index (χ1) is 6.35. The van der Waals surface area contributed by atoms with Crippen LogP contribution in [0.3, 0.4) is 0 Å². The van der Waals surface area contributed by atoms with Crippen molar-refractivity contribution >= 4 is 0 Å². The fraction of sp³-hybridized carbons (Fsp3) is 0.818. The number of fused-ring (bicyclic) bond motifs is 1. The molecule has 0 heterocycles. The van der Waals surface area contributed by atoms with E-state index in [0.29, 0.717) is 11.8 Å². The van der Waals surface area contributed by atoms with Gasteiger partial charge in [0.05, 0.1) is 0 Å². The van der Waals surface area contributed by atoms with Crippen molar-refractivity contribution in [2.24, 2.45) is 17.3 Å². The van der Waals surface area contributed by atoms with Crippen molar-refractivity contribution in [1.29, 1.82) is 0 Å². The Morgan fingerprint density at radius 1 is 1.23 bits per heavy atom. The van der Waals surface area contributed by atoms with E-state index < -0.39 is 0 Å². The normalized spacial score (nSPS) is 42.3. The maximum absolute atomic E-state index is 9.35. The Labute approximate surface area is 79.0 Å². The minimum atomic E-state index is 0.0316. The average Bonchev–Trinajstić information content (AvgIpc) is 2.72. The molecule has 2 aliphatic carbocycles. The summed E-state index contributed by atoms with van der Waals surface area (Å²) in [4.78, 5) is 0. The fourth-order valence-corrected chi connectivity index (χ4v) is 2.85. The van der Waals surface area contributed by atoms with E-state index in [1.54, 1.807) is 0 Å². The molecule has 0 bridgehead atoms. The minimum Gasteiger partial charge on any atom is -0.396 e. The summed E-state index contributed by atoms with van der Waals surface area (Å²) in [7, 11) is 0. The van der Waals surface area contributed by atoms with Crippen LogP contribution in [0.25, 0.3) is 0 Å². The van der Waals surface area contributed by atoms with Crippen LogP contribution in [-0.4, -0.2) is 23.4 Å². The van der Waals surface area contributed by atoms with Gasteiger partial charge in [0.25, 0.3) is 0 Å². The lowest BCUT2D eigenvalue weighted by atomic mass is 9.94. The fourth-order valence-electron chi connectivity index (χ4n) is 2.85. The van der Waals surface area contributed by atoms with E-state index in [1.165, 1.54) is 0 Å². The third kappa shape index (κ3) is 1.27. The molecule has 0 aromatic rings. The molecule has 0 amide bonds. The molecule has 72 valence electrons. The SMILES string of the molecule is OCC1C2CCC#CCCC12CO. The molecule has 3 atom stereocenters. The van der Waals surface area contributed by atoms with Gasteiger partial charge in [0.1, 0.15) is 0 Å². The molecular formula is C11H16O2. The van der Waals surface area contributed by atoms with E-state index in [-0.39, 0.29) is 18.6 Å². The maximum Gasteiger partial charge on any atom is 0.0494 e. The second-order valence-corrected chi connectivity index (χ2v) is 4.18. The van der Waals surface area contributed by atoms with Crippen molar-refractivity contribution in [2.45, 2.75) is 25.7 Å². The summed E-state index contributed by atoms with van der Waals surface area (Å²) < 4.78 is 0. The van der Waals surface area contributed by atoms with Gasteiger partial charge in [-0.25, -0.2) is 0 Å². The van der Waals surface area contributed by atoms with E-state index in [2.05, 4.69) is 11.8 Å². The molecule has 13 heavy (non-hydrogen) atoms. The molecule has 0 spiro atoms. The number of aliphatic hydroxyl groups excluding tert-OH is 2. The first-order valence-corrected chi connectivity index (χ1v) is 5.02. The highest BCUT2D eigenvalue weighted by Crippen LogP contribution is 2.63. The van der Waals surface area contributed by atoms with Crippen LogP contribution in [0.4, 0.5) is 0 Å². The smallest absolute Gasteiger partial charge is 0.0494 e. The Hall–Kier alpha value is -0.520. The highest BCUT2D eigenvalue weighted by Gasteiger charge is 2.62. The lowest BCUT2D eigenvalue weighted by Gasteiger charge is -2.13. The van der Waals surface area contributed by atoms with Gasteiger partial charge in [0.15, 0.2) is 0 Å². The van der Waals surface area contributed by atoms with Gasteiger partial charge in [-0.1, -0.05) is 0 Å². The lowest BCUT2D eigenvalue weighted by Crippen LogP contribution is -2.13. The summed E-state index contributed by atoms with van der Waals surface area (Å²) in [5.41, 5.74) is 0.0316. The Morgan fingerprint density at radius 3 is 2.69 bits per heavy atom. The Morgan fingerprint density at radius 2 is 2.00 bits per heavy atom. The molecule has 0 saturated heterocycles. The van der Waals surface area contributed by atoms with Crippen molar-refractivity contribution in [3.05, 3.63) is 0 Å². The van der Waals surface area contributed by atoms with Crippen LogP contribution in [0.2, 0.25) is 0 Å². The molecule has 2 nitrogen and oxygen atoms in total. The van der Waals surface area contributed by atoms with Gasteiger partial charge in [-0.15, -0.1) is 11.8 Å². The molecule has 2 rings (SSSR count). The van der Waals surface area contributed by atoms with E-state index in [9.17, 15) is 5.11 Å². The minimum absolute atomic E-state index is 0.0316. The molecule has 1 saturated carbocycles. The molecule has 0 aliphatic heterocycles. The second-order valence-electron chi connectivity index (χ2n) is 4.18. The Kier molecular flexibility index (Phi) is 2.31. The second kappa shape index (κ2) is 3.32. The molecule has 2 heteroatoms. The van der Waals surface area contributed by atoms with Gasteiger partial charge in [-0.3, -0.25) is 0 Å². The van der Waals surface area contributed by atoms with E-state index in [1.807, 2.05) is 0 Å². The standard InChI is InChI=1S/C11H16O2/c12-7-10-9-5-3-1-2-4-6-11(9,10)8-13/h9-10,12-13H,3-8H2. The largest absolute Gasteiger partial charge is 0.396 e. The lowest BCUT2D eigenvalue weighted by molar-refractivity contribution is 0.162. The molecule has 0 radical (unpaired) electrons. The van der Waals surface area contributed by atoms with Crippen molar-refractivity contribution < 1.29 is 10.2 Å². The van der Waals surface area contributed by atoms with Crippen LogP contribution in [0.5, 0.6) is 0 Å². The van der Waals surface area contributed by atoms with Gasteiger partial charge in [-0.05, 0) is 24.7 Å². The van der Waals surface area contributed by atoms with Crippen LogP contribution in [-0.2, 0) is 0 Å². The molecular weight excluding hydrogens is 164 g/mol. The van der Waals surface area contributed by atoms with Gasteiger partial charge in [0, 0.05) is 31.5 Å². The number of aliphatic hydroxyl groups is 2. The molecule has 0 aromatic heterocycles. The summed E-state index contributed by atoms with van der Waals surface area (Å²) in [6.45, 7) is 0.454. The summed E-state index contributed by atoms with van der Waals surface area (Å²) >= 11 is 0. The van der Waals surface area contributed by atoms with Crippen LogP contribution < -0.4 is 0 Å². The summed E-state index contributed by atoms with van der Waals surface area (Å²) in [6.07, 6.45) is 3.83. The highest BCUT2D eigenvalue weighted by molar-refractivity contribution is 5.15. The van der Waals surface area contributed by atoms with Gasteiger partial charge in [-0.2, -0.15) is 0 Å². The third-order valence-corrected chi connectivity index (χ3v) is 3.77. The highest BCUT2D eigenvalue weighted by atomic mass is 16.3. The topological polar surface area (TPSA) is 40.5 Å². The Bertz CT molecular complexity index is 251. The summed E-state index contributed by atoms with van der Waals surface area (Å²) in [5, 5.41) is 18.5. The number of hydrogen-bond donors (Lipinski definition) is 2. The van der Waals surface area contributed by atoms with Gasteiger partial charge >= 0.3 is 0 Å². The monoisotopic (exact) mass is 180 g/mol. The van der Waals surface area contributed by atoms with Crippen molar-refractivity contribution in [3.8, 4) is 11.8 Å². The maximum atomic E-state index is 9.35. The molecule has 2 aliphatic rings. The summed E-state index contributed by atoms with van der Waals surface area (Å²) in [5.74, 6) is 7.08. The van der Waals surface area contributed by atoms with Crippen LogP contribution >= 0.6 is 0 Å². The first-order valence-electron chi connectivity index (χ1n) is 5.02. The zero-order chi connectivity index (χ0) is 9.31. The van der Waals surface area contributed by atoms with E-state index in [4.69, 9.17) is 5.11 Å². The molecule has 2 N–H and O–H groups in total. The van der Waals surface area contributed by atoms with E-state index in [0.717, 1.165) is 25.7 Å². The first kappa shape index (κ1) is 9.05. The predicted octanol–water partition coefficient (Wildman–Crippen LogP) is 0.781. The van der Waals surface area contributed by atoms with Crippen molar-refractivity contribution in [2.75, 3.05) is 13.2 Å². The number of rotatable bonds is 2. The van der Waals surface area contributed by atoms with Crippen LogP contribution in [0.1, 0.15) is 25.7 Å². The Balaban J connectivity index is 2.10. The van der Waals surface area contributed by atoms with E-state index >= 15 is 0 Å². The molecule has 0 aromatic carbocycles. The van der Waals surface area contributed by atoms with Crippen molar-refractivity contribution in [1.82, 2.24) is 0 Å². The average molecular weight is 180 g/mol. The summed E-state index contributed by atoms with van der Waals surface area (Å²) in [6, 6.07) is 0. The van der Waals surface area contributed by atoms with Gasteiger partial charge in [0.2, 0.25) is 0 Å². The molecule has 3 unspecified atom stereocenters. The van der Waals surface area contributed by atoms with Crippen LogP contribution in [0.15, 0.2) is 0 Å². The van der Waals surface area contributed by atoms with Crippen molar-refractivity contribution in [3.63, 3.8) is 0 Å². The predicted molar refractivity (Wildman–Crippen MR) is 49.8 cm³/mol. The quantitative estimate of drug-likeness (QED) is 0.616. The molecule has 1 fully saturated rings. The zero-order valence-electron chi connectivity index (χ0n) is 7.79. The zero-order valence-corrected chi connectivity index (χ0v) is 7.79. The number of hydrogen-bond acceptors (Lipinski definition) is 2. The third-order valence-electron chi connectivity index (χ3n) is 3.77. The van der Waals surface area contributed by atoms with Gasteiger partial charge < -0.3 is 10.2 Å².